The third-order valence-corrected chi connectivity index (χ3v) is 5.08. The first-order valence-corrected chi connectivity index (χ1v) is 10.8. The van der Waals surface area contributed by atoms with Crippen LogP contribution in [-0.2, 0) is 6.54 Å². The van der Waals surface area contributed by atoms with Crippen LogP contribution in [-0.4, -0.2) is 37.0 Å². The smallest absolute Gasteiger partial charge is 0.251 e. The van der Waals surface area contributed by atoms with E-state index in [0.717, 1.165) is 18.7 Å². The summed E-state index contributed by atoms with van der Waals surface area (Å²) in [6.07, 6.45) is 9.60. The maximum absolute atomic E-state index is 12.3. The van der Waals surface area contributed by atoms with E-state index in [9.17, 15) is 4.79 Å². The first kappa shape index (κ1) is 21.4. The second-order valence-corrected chi connectivity index (χ2v) is 7.70. The quantitative estimate of drug-likeness (QED) is 0.301. The molecule has 9 nitrogen and oxygen atoms in total. The molecule has 0 spiro atoms. The van der Waals surface area contributed by atoms with Gasteiger partial charge in [0.2, 0.25) is 5.95 Å². The zero-order valence-corrected chi connectivity index (χ0v) is 18.7. The minimum absolute atomic E-state index is 0.107. The topological polar surface area (TPSA) is 110 Å². The standard InChI is InChI=1S/C22H21BrN8O/c23-18-14-27-22(30-20(18)29-19-4-1-2-9-25-19)28-17-7-5-16(6-8-17)21(32)26-10-3-12-31-13-11-24-15-31/h1-2,4-9,11,13-15H,3,10,12H2,(H,26,32)(H2,25,27,28,29,30). The molecule has 4 aromatic rings. The van der Waals surface area contributed by atoms with Crippen molar-refractivity contribution in [1.29, 1.82) is 0 Å². The summed E-state index contributed by atoms with van der Waals surface area (Å²) in [5.74, 6) is 1.58. The summed E-state index contributed by atoms with van der Waals surface area (Å²) in [5, 5.41) is 9.23. The lowest BCUT2D eigenvalue weighted by Crippen LogP contribution is -2.25. The van der Waals surface area contributed by atoms with Crippen LogP contribution in [0.25, 0.3) is 0 Å². The number of benzene rings is 1. The lowest BCUT2D eigenvalue weighted by Gasteiger charge is -2.10. The molecular weight excluding hydrogens is 472 g/mol. The maximum Gasteiger partial charge on any atom is 0.251 e. The third-order valence-electron chi connectivity index (χ3n) is 4.50. The summed E-state index contributed by atoms with van der Waals surface area (Å²) in [7, 11) is 0. The number of aryl methyl sites for hydroxylation is 1. The highest BCUT2D eigenvalue weighted by atomic mass is 79.9. The van der Waals surface area contributed by atoms with Crippen LogP contribution in [0.1, 0.15) is 16.8 Å². The van der Waals surface area contributed by atoms with Crippen molar-refractivity contribution in [2.45, 2.75) is 13.0 Å². The van der Waals surface area contributed by atoms with Crippen molar-refractivity contribution in [3.63, 3.8) is 0 Å². The lowest BCUT2D eigenvalue weighted by atomic mass is 10.2. The van der Waals surface area contributed by atoms with Gasteiger partial charge >= 0.3 is 0 Å². The molecule has 0 unspecified atom stereocenters. The Balaban J connectivity index is 1.32. The number of halogens is 1. The normalized spacial score (nSPS) is 10.5. The van der Waals surface area contributed by atoms with Crippen molar-refractivity contribution < 1.29 is 4.79 Å². The fourth-order valence-corrected chi connectivity index (χ4v) is 3.18. The number of pyridine rings is 1. The van der Waals surface area contributed by atoms with Crippen LogP contribution in [0.3, 0.4) is 0 Å². The summed E-state index contributed by atoms with van der Waals surface area (Å²) in [6.45, 7) is 1.41. The van der Waals surface area contributed by atoms with Crippen LogP contribution < -0.4 is 16.0 Å². The van der Waals surface area contributed by atoms with Gasteiger partial charge in [-0.15, -0.1) is 0 Å². The molecule has 0 bridgehead atoms. The van der Waals surface area contributed by atoms with E-state index in [4.69, 9.17) is 0 Å². The Morgan fingerprint density at radius 3 is 2.66 bits per heavy atom. The molecule has 3 aromatic heterocycles. The lowest BCUT2D eigenvalue weighted by molar-refractivity contribution is 0.0952. The van der Waals surface area contributed by atoms with Crippen molar-refractivity contribution in [3.8, 4) is 0 Å². The van der Waals surface area contributed by atoms with Gasteiger partial charge in [0.05, 0.1) is 10.8 Å². The number of nitrogens with one attached hydrogen (secondary N) is 3. The van der Waals surface area contributed by atoms with Crippen molar-refractivity contribution >= 4 is 45.1 Å². The van der Waals surface area contributed by atoms with E-state index in [0.29, 0.717) is 34.2 Å². The molecule has 0 aliphatic heterocycles. The van der Waals surface area contributed by atoms with Crippen molar-refractivity contribution in [2.75, 3.05) is 17.2 Å². The van der Waals surface area contributed by atoms with Gasteiger partial charge in [0.1, 0.15) is 5.82 Å². The van der Waals surface area contributed by atoms with Gasteiger partial charge in [-0.25, -0.2) is 15.0 Å². The number of rotatable bonds is 9. The average Bonchev–Trinajstić information content (AvgIpc) is 3.34. The minimum Gasteiger partial charge on any atom is -0.352 e. The van der Waals surface area contributed by atoms with E-state index >= 15 is 0 Å². The molecular formula is C22H21BrN8O. The summed E-state index contributed by atoms with van der Waals surface area (Å²) in [5.41, 5.74) is 1.36. The maximum atomic E-state index is 12.3. The van der Waals surface area contributed by atoms with E-state index in [2.05, 4.69) is 51.8 Å². The van der Waals surface area contributed by atoms with E-state index in [1.165, 1.54) is 0 Å². The van der Waals surface area contributed by atoms with Crippen molar-refractivity contribution in [3.05, 3.63) is 83.6 Å². The number of carbonyl (C=O) groups is 1. The Labute approximate surface area is 193 Å². The van der Waals surface area contributed by atoms with Crippen molar-refractivity contribution in [2.24, 2.45) is 0 Å². The van der Waals surface area contributed by atoms with Gasteiger partial charge < -0.3 is 20.5 Å². The number of carbonyl (C=O) groups excluding carboxylic acids is 1. The average molecular weight is 493 g/mol. The highest BCUT2D eigenvalue weighted by Crippen LogP contribution is 2.24. The largest absolute Gasteiger partial charge is 0.352 e. The summed E-state index contributed by atoms with van der Waals surface area (Å²) >= 11 is 3.44. The second-order valence-electron chi connectivity index (χ2n) is 6.84. The van der Waals surface area contributed by atoms with Gasteiger partial charge in [-0.1, -0.05) is 6.07 Å². The van der Waals surface area contributed by atoms with Gasteiger partial charge in [-0.3, -0.25) is 4.79 Å². The molecule has 1 aromatic carbocycles. The Bertz CT molecular complexity index is 1150. The first-order valence-electron chi connectivity index (χ1n) is 9.99. The summed E-state index contributed by atoms with van der Waals surface area (Å²) in [4.78, 5) is 29.4. The number of imidazole rings is 1. The molecule has 4 rings (SSSR count). The van der Waals surface area contributed by atoms with Gasteiger partial charge in [-0.05, 0) is 58.7 Å². The first-order chi connectivity index (χ1) is 15.7. The zero-order valence-electron chi connectivity index (χ0n) is 17.1. The molecule has 162 valence electrons. The van der Waals surface area contributed by atoms with Crippen LogP contribution in [0.15, 0.2) is 78.1 Å². The van der Waals surface area contributed by atoms with E-state index in [1.54, 1.807) is 37.1 Å². The molecule has 1 amide bonds. The highest BCUT2D eigenvalue weighted by molar-refractivity contribution is 9.10. The number of hydrogen-bond acceptors (Lipinski definition) is 7. The Kier molecular flexibility index (Phi) is 7.03. The minimum atomic E-state index is -0.107. The Morgan fingerprint density at radius 1 is 1.03 bits per heavy atom. The Hall–Kier alpha value is -3.79. The van der Waals surface area contributed by atoms with E-state index < -0.39 is 0 Å². The van der Waals surface area contributed by atoms with Gasteiger partial charge in [0, 0.05) is 49.1 Å². The molecule has 32 heavy (non-hydrogen) atoms. The third kappa shape index (κ3) is 5.88. The van der Waals surface area contributed by atoms with Gasteiger partial charge in [-0.2, -0.15) is 4.98 Å². The fraction of sp³-hybridized carbons (Fsp3) is 0.136. The molecule has 3 N–H and O–H groups in total. The van der Waals surface area contributed by atoms with Gasteiger partial charge in [0.15, 0.2) is 5.82 Å². The molecule has 0 aliphatic carbocycles. The molecule has 3 heterocycles. The van der Waals surface area contributed by atoms with Crippen molar-refractivity contribution in [1.82, 2.24) is 29.8 Å². The molecule has 0 saturated heterocycles. The van der Waals surface area contributed by atoms with Crippen LogP contribution in [0.2, 0.25) is 0 Å². The SMILES string of the molecule is O=C(NCCCn1ccnc1)c1ccc(Nc2ncc(Br)c(Nc3ccccn3)n2)cc1. The monoisotopic (exact) mass is 492 g/mol. The molecule has 0 saturated carbocycles. The van der Waals surface area contributed by atoms with Crippen LogP contribution in [0.5, 0.6) is 0 Å². The molecule has 0 radical (unpaired) electrons. The predicted molar refractivity (Wildman–Crippen MR) is 126 cm³/mol. The van der Waals surface area contributed by atoms with E-state index in [1.807, 2.05) is 41.1 Å². The zero-order chi connectivity index (χ0) is 22.2. The predicted octanol–water partition coefficient (Wildman–Crippen LogP) is 4.14. The Morgan fingerprint density at radius 2 is 1.91 bits per heavy atom. The fourth-order valence-electron chi connectivity index (χ4n) is 2.89. The van der Waals surface area contributed by atoms with Crippen LogP contribution in [0.4, 0.5) is 23.3 Å². The molecule has 0 fully saturated rings. The van der Waals surface area contributed by atoms with Crippen LogP contribution in [0, 0.1) is 0 Å². The number of amides is 1. The molecule has 10 heteroatoms. The summed E-state index contributed by atoms with van der Waals surface area (Å²) in [6, 6.07) is 12.7. The van der Waals surface area contributed by atoms with Gasteiger partial charge in [0.25, 0.3) is 5.91 Å². The van der Waals surface area contributed by atoms with Crippen LogP contribution >= 0.6 is 15.9 Å². The summed E-state index contributed by atoms with van der Waals surface area (Å²) < 4.78 is 2.70. The number of hydrogen-bond donors (Lipinski definition) is 3. The number of anilines is 4. The molecule has 0 aliphatic rings. The highest BCUT2D eigenvalue weighted by Gasteiger charge is 2.08. The number of aromatic nitrogens is 5. The second kappa shape index (κ2) is 10.5. The molecule has 0 atom stereocenters. The van der Waals surface area contributed by atoms with E-state index in [-0.39, 0.29) is 5.91 Å². The number of nitrogens with zero attached hydrogens (tertiary/aromatic N) is 5.